The second-order valence-electron chi connectivity index (χ2n) is 7.83. The zero-order valence-electron chi connectivity index (χ0n) is 13.6. The van der Waals surface area contributed by atoms with E-state index in [2.05, 4.69) is 34.1 Å². The second kappa shape index (κ2) is 5.12. The lowest BCUT2D eigenvalue weighted by molar-refractivity contribution is -0.133. The third kappa shape index (κ3) is 2.20. The van der Waals surface area contributed by atoms with Gasteiger partial charge in [-0.15, -0.1) is 0 Å². The Hall–Kier alpha value is -1.77. The lowest BCUT2D eigenvalue weighted by atomic mass is 9.86. The molecule has 0 saturated heterocycles. The highest BCUT2D eigenvalue weighted by atomic mass is 16.2. The number of para-hydroxylation sites is 1. The Balaban J connectivity index is 1.33. The molecule has 5 rings (SSSR count). The van der Waals surface area contributed by atoms with Crippen LogP contribution in [0.4, 0.5) is 0 Å². The fourth-order valence-electron chi connectivity index (χ4n) is 5.36. The lowest BCUT2D eigenvalue weighted by Gasteiger charge is -2.30. The highest BCUT2D eigenvalue weighted by Gasteiger charge is 2.40. The van der Waals surface area contributed by atoms with Crippen molar-refractivity contribution in [2.75, 3.05) is 6.54 Å². The van der Waals surface area contributed by atoms with Crippen LogP contribution in [0.5, 0.6) is 0 Å². The van der Waals surface area contributed by atoms with E-state index in [0.29, 0.717) is 11.8 Å². The quantitative estimate of drug-likeness (QED) is 0.898. The number of nitrogens with one attached hydrogen (secondary N) is 1. The summed E-state index contributed by atoms with van der Waals surface area (Å²) in [6.07, 6.45) is 7.24. The molecule has 2 fully saturated rings. The van der Waals surface area contributed by atoms with Crippen molar-refractivity contribution >= 4 is 16.8 Å². The molecule has 2 aliphatic carbocycles. The van der Waals surface area contributed by atoms with Crippen LogP contribution in [0.3, 0.4) is 0 Å². The van der Waals surface area contributed by atoms with Crippen LogP contribution in [0, 0.1) is 17.8 Å². The number of fused-ring (bicyclic) bond motifs is 5. The molecule has 1 aromatic carbocycles. The molecule has 0 spiro atoms. The van der Waals surface area contributed by atoms with Gasteiger partial charge in [0.1, 0.15) is 0 Å². The fraction of sp³-hybridized carbons (Fsp3) is 0.550. The van der Waals surface area contributed by atoms with Gasteiger partial charge in [0.05, 0.1) is 0 Å². The van der Waals surface area contributed by atoms with E-state index in [4.69, 9.17) is 0 Å². The predicted molar refractivity (Wildman–Crippen MR) is 91.0 cm³/mol. The highest BCUT2D eigenvalue weighted by molar-refractivity contribution is 5.86. The average Bonchev–Trinajstić information content (AvgIpc) is 3.27. The molecule has 2 bridgehead atoms. The Bertz CT molecular complexity index is 762. The van der Waals surface area contributed by atoms with Gasteiger partial charge in [-0.25, -0.2) is 0 Å². The summed E-state index contributed by atoms with van der Waals surface area (Å²) in [5.74, 6) is 2.83. The number of benzene rings is 1. The van der Waals surface area contributed by atoms with Crippen molar-refractivity contribution in [3.8, 4) is 0 Å². The molecule has 3 heteroatoms. The molecule has 2 saturated carbocycles. The molecule has 2 heterocycles. The minimum atomic E-state index is 0.387. The smallest absolute Gasteiger partial charge is 0.223 e. The molecule has 23 heavy (non-hydrogen) atoms. The minimum Gasteiger partial charge on any atom is -0.358 e. The summed E-state index contributed by atoms with van der Waals surface area (Å²) in [6, 6.07) is 8.47. The number of nitrogens with zero attached hydrogens (tertiary/aromatic N) is 1. The van der Waals surface area contributed by atoms with Crippen LogP contribution in [0.25, 0.3) is 10.9 Å². The molecule has 0 unspecified atom stereocenters. The van der Waals surface area contributed by atoms with Crippen LogP contribution < -0.4 is 0 Å². The summed E-state index contributed by atoms with van der Waals surface area (Å²) < 4.78 is 0. The molecule has 2 aromatic rings. The van der Waals surface area contributed by atoms with E-state index in [1.165, 1.54) is 47.8 Å². The van der Waals surface area contributed by atoms with Crippen LogP contribution in [-0.2, 0) is 17.8 Å². The van der Waals surface area contributed by atoms with Crippen molar-refractivity contribution < 1.29 is 4.79 Å². The molecule has 1 amide bonds. The predicted octanol–water partition coefficient (Wildman–Crippen LogP) is 3.88. The number of aromatic nitrogens is 1. The third-order valence-corrected chi connectivity index (χ3v) is 6.56. The number of hydrogen-bond donors (Lipinski definition) is 1. The van der Waals surface area contributed by atoms with Gasteiger partial charge in [0.15, 0.2) is 0 Å². The Labute approximate surface area is 137 Å². The standard InChI is InChI=1S/C20H24N2O/c23-20(11-15-10-13-5-6-14(15)9-13)22-8-7-19-17(12-22)16-3-1-2-4-18(16)21-19/h1-4,13-15,21H,5-12H2/t13-,14-,15-/m0/s1. The largest absolute Gasteiger partial charge is 0.358 e. The zero-order valence-corrected chi connectivity index (χ0v) is 13.6. The molecule has 1 aliphatic heterocycles. The van der Waals surface area contributed by atoms with E-state index in [1.54, 1.807) is 0 Å². The molecule has 0 radical (unpaired) electrons. The Morgan fingerprint density at radius 1 is 1.22 bits per heavy atom. The van der Waals surface area contributed by atoms with Gasteiger partial charge in [-0.05, 0) is 43.1 Å². The van der Waals surface area contributed by atoms with E-state index in [0.717, 1.165) is 37.8 Å². The lowest BCUT2D eigenvalue weighted by Crippen LogP contribution is -2.37. The minimum absolute atomic E-state index is 0.387. The molecule has 1 aromatic heterocycles. The van der Waals surface area contributed by atoms with Crippen molar-refractivity contribution in [3.05, 3.63) is 35.5 Å². The first-order valence-corrected chi connectivity index (χ1v) is 9.14. The number of carbonyl (C=O) groups excluding carboxylic acids is 1. The van der Waals surface area contributed by atoms with E-state index in [1.807, 2.05) is 0 Å². The third-order valence-electron chi connectivity index (χ3n) is 6.56. The van der Waals surface area contributed by atoms with Crippen LogP contribution in [0.15, 0.2) is 24.3 Å². The summed E-state index contributed by atoms with van der Waals surface area (Å²) in [5, 5.41) is 1.29. The van der Waals surface area contributed by atoms with Crippen molar-refractivity contribution in [2.24, 2.45) is 17.8 Å². The summed E-state index contributed by atoms with van der Waals surface area (Å²) >= 11 is 0. The van der Waals surface area contributed by atoms with Gasteiger partial charge in [-0.2, -0.15) is 0 Å². The van der Waals surface area contributed by atoms with Crippen molar-refractivity contribution in [1.82, 2.24) is 9.88 Å². The van der Waals surface area contributed by atoms with Crippen molar-refractivity contribution in [3.63, 3.8) is 0 Å². The van der Waals surface area contributed by atoms with E-state index < -0.39 is 0 Å². The fourth-order valence-corrected chi connectivity index (χ4v) is 5.36. The van der Waals surface area contributed by atoms with E-state index in [9.17, 15) is 4.79 Å². The average molecular weight is 308 g/mol. The maximum absolute atomic E-state index is 12.8. The maximum Gasteiger partial charge on any atom is 0.223 e. The van der Waals surface area contributed by atoms with Crippen LogP contribution >= 0.6 is 0 Å². The number of amides is 1. The van der Waals surface area contributed by atoms with Gasteiger partial charge in [0, 0.05) is 48.1 Å². The maximum atomic E-state index is 12.8. The molecule has 3 atom stereocenters. The highest BCUT2D eigenvalue weighted by Crippen LogP contribution is 2.49. The molecule has 3 aliphatic rings. The van der Waals surface area contributed by atoms with Crippen LogP contribution in [-0.4, -0.2) is 22.3 Å². The van der Waals surface area contributed by atoms with Gasteiger partial charge < -0.3 is 9.88 Å². The Kier molecular flexibility index (Phi) is 3.04. The summed E-state index contributed by atoms with van der Waals surface area (Å²) in [6.45, 7) is 1.67. The zero-order chi connectivity index (χ0) is 15.4. The number of H-pyrrole nitrogens is 1. The normalized spacial score (nSPS) is 29.2. The molecular weight excluding hydrogens is 284 g/mol. The van der Waals surface area contributed by atoms with Crippen molar-refractivity contribution in [2.45, 2.75) is 45.1 Å². The number of aromatic amines is 1. The van der Waals surface area contributed by atoms with Gasteiger partial charge in [0.25, 0.3) is 0 Å². The first-order chi connectivity index (χ1) is 11.3. The number of hydrogen-bond acceptors (Lipinski definition) is 1. The topological polar surface area (TPSA) is 36.1 Å². The Morgan fingerprint density at radius 2 is 2.13 bits per heavy atom. The molecule has 3 nitrogen and oxygen atoms in total. The number of rotatable bonds is 2. The monoisotopic (exact) mass is 308 g/mol. The summed E-state index contributed by atoms with van der Waals surface area (Å²) in [4.78, 5) is 18.5. The molecule has 1 N–H and O–H groups in total. The van der Waals surface area contributed by atoms with Crippen LogP contribution in [0.1, 0.15) is 43.4 Å². The summed E-state index contributed by atoms with van der Waals surface area (Å²) in [5.41, 5.74) is 3.88. The SMILES string of the molecule is O=C(C[C@@H]1C[C@H]2CC[C@H]1C2)N1CCc2[nH]c3ccccc3c2C1. The number of carbonyl (C=O) groups is 1. The van der Waals surface area contributed by atoms with E-state index >= 15 is 0 Å². The summed E-state index contributed by atoms with van der Waals surface area (Å²) in [7, 11) is 0. The van der Waals surface area contributed by atoms with Gasteiger partial charge in [-0.3, -0.25) is 4.79 Å². The first kappa shape index (κ1) is 13.6. The van der Waals surface area contributed by atoms with Gasteiger partial charge >= 0.3 is 0 Å². The van der Waals surface area contributed by atoms with E-state index in [-0.39, 0.29) is 0 Å². The first-order valence-electron chi connectivity index (χ1n) is 9.14. The van der Waals surface area contributed by atoms with Gasteiger partial charge in [-0.1, -0.05) is 24.6 Å². The Morgan fingerprint density at radius 3 is 2.96 bits per heavy atom. The molecule has 120 valence electrons. The van der Waals surface area contributed by atoms with Crippen LogP contribution in [0.2, 0.25) is 0 Å². The van der Waals surface area contributed by atoms with Crippen molar-refractivity contribution in [1.29, 1.82) is 0 Å². The van der Waals surface area contributed by atoms with Gasteiger partial charge in [0.2, 0.25) is 5.91 Å². The molecular formula is C20H24N2O. The second-order valence-corrected chi connectivity index (χ2v) is 7.83.